The maximum absolute atomic E-state index is 11.0. The van der Waals surface area contributed by atoms with Crippen LogP contribution in [0.2, 0.25) is 0 Å². The van der Waals surface area contributed by atoms with Crippen LogP contribution in [0, 0.1) is 0 Å². The predicted octanol–water partition coefficient (Wildman–Crippen LogP) is 1.58. The Balaban J connectivity index is 2.22. The lowest BCUT2D eigenvalue weighted by Crippen LogP contribution is -2.32. The molecule has 1 unspecified atom stereocenters. The van der Waals surface area contributed by atoms with Gasteiger partial charge in [-0.2, -0.15) is 0 Å². The van der Waals surface area contributed by atoms with Crippen LogP contribution in [0.1, 0.15) is 25.3 Å². The number of amides is 2. The SMILES string of the molecule is CC(N)C1(c2ccc(N(C)C(N)=O)cc2)CC1. The molecule has 2 rings (SSSR count). The van der Waals surface area contributed by atoms with Crippen molar-refractivity contribution in [3.8, 4) is 0 Å². The van der Waals surface area contributed by atoms with E-state index in [2.05, 4.69) is 6.92 Å². The average molecular weight is 233 g/mol. The molecule has 17 heavy (non-hydrogen) atoms. The van der Waals surface area contributed by atoms with Crippen molar-refractivity contribution in [1.29, 1.82) is 0 Å². The monoisotopic (exact) mass is 233 g/mol. The fourth-order valence-corrected chi connectivity index (χ4v) is 2.29. The zero-order valence-electron chi connectivity index (χ0n) is 10.3. The molecule has 0 saturated heterocycles. The van der Waals surface area contributed by atoms with Crippen LogP contribution in [0.25, 0.3) is 0 Å². The molecule has 1 aromatic carbocycles. The average Bonchev–Trinajstić information content (AvgIpc) is 3.09. The van der Waals surface area contributed by atoms with E-state index in [0.29, 0.717) is 0 Å². The molecule has 0 radical (unpaired) electrons. The molecule has 2 amide bonds. The van der Waals surface area contributed by atoms with Crippen LogP contribution in [0.15, 0.2) is 24.3 Å². The second-order valence-corrected chi connectivity index (χ2v) is 4.89. The Morgan fingerprint density at radius 3 is 2.24 bits per heavy atom. The normalized spacial score (nSPS) is 18.5. The lowest BCUT2D eigenvalue weighted by Gasteiger charge is -2.21. The lowest BCUT2D eigenvalue weighted by molar-refractivity contribution is 0.255. The van der Waals surface area contributed by atoms with Gasteiger partial charge in [-0.05, 0) is 37.5 Å². The number of rotatable bonds is 3. The highest BCUT2D eigenvalue weighted by Gasteiger charge is 2.47. The van der Waals surface area contributed by atoms with Gasteiger partial charge in [0.2, 0.25) is 0 Å². The third kappa shape index (κ3) is 2.00. The largest absolute Gasteiger partial charge is 0.351 e. The van der Waals surface area contributed by atoms with Gasteiger partial charge in [-0.3, -0.25) is 4.90 Å². The van der Waals surface area contributed by atoms with E-state index in [4.69, 9.17) is 11.5 Å². The van der Waals surface area contributed by atoms with E-state index < -0.39 is 6.03 Å². The Labute approximate surface area is 102 Å². The molecule has 92 valence electrons. The number of primary amides is 1. The van der Waals surface area contributed by atoms with Crippen LogP contribution < -0.4 is 16.4 Å². The summed E-state index contributed by atoms with van der Waals surface area (Å²) in [7, 11) is 1.66. The van der Waals surface area contributed by atoms with Gasteiger partial charge in [0.15, 0.2) is 0 Å². The van der Waals surface area contributed by atoms with Crippen LogP contribution in [0.3, 0.4) is 0 Å². The predicted molar refractivity (Wildman–Crippen MR) is 69.0 cm³/mol. The minimum atomic E-state index is -0.453. The Hall–Kier alpha value is -1.55. The number of carbonyl (C=O) groups is 1. The maximum atomic E-state index is 11.0. The summed E-state index contributed by atoms with van der Waals surface area (Å²) in [6.45, 7) is 2.05. The molecule has 1 aromatic rings. The summed E-state index contributed by atoms with van der Waals surface area (Å²) < 4.78 is 0. The van der Waals surface area contributed by atoms with Crippen LogP contribution in [0.5, 0.6) is 0 Å². The second kappa shape index (κ2) is 4.04. The highest BCUT2D eigenvalue weighted by atomic mass is 16.2. The van der Waals surface area contributed by atoms with Crippen molar-refractivity contribution in [3.05, 3.63) is 29.8 Å². The van der Waals surface area contributed by atoms with E-state index >= 15 is 0 Å². The van der Waals surface area contributed by atoms with Crippen molar-refractivity contribution in [2.45, 2.75) is 31.2 Å². The Kier molecular flexibility index (Phi) is 2.83. The fraction of sp³-hybridized carbons (Fsp3) is 0.462. The Bertz CT molecular complexity index is 421. The van der Waals surface area contributed by atoms with Crippen LogP contribution in [0.4, 0.5) is 10.5 Å². The van der Waals surface area contributed by atoms with Crippen molar-refractivity contribution in [3.63, 3.8) is 0 Å². The van der Waals surface area contributed by atoms with E-state index in [-0.39, 0.29) is 11.5 Å². The molecule has 1 fully saturated rings. The topological polar surface area (TPSA) is 72.3 Å². The zero-order chi connectivity index (χ0) is 12.6. The van der Waals surface area contributed by atoms with E-state index in [1.54, 1.807) is 7.05 Å². The van der Waals surface area contributed by atoms with Gasteiger partial charge in [0.05, 0.1) is 0 Å². The molecular weight excluding hydrogens is 214 g/mol. The van der Waals surface area contributed by atoms with Crippen LogP contribution in [-0.2, 0) is 5.41 Å². The first kappa shape index (κ1) is 11.9. The summed E-state index contributed by atoms with van der Waals surface area (Å²) in [5, 5.41) is 0. The van der Waals surface area contributed by atoms with E-state index in [0.717, 1.165) is 18.5 Å². The van der Waals surface area contributed by atoms with E-state index in [9.17, 15) is 4.79 Å². The Morgan fingerprint density at radius 1 is 1.35 bits per heavy atom. The molecule has 1 aliphatic carbocycles. The van der Waals surface area contributed by atoms with E-state index in [1.165, 1.54) is 10.5 Å². The number of carbonyl (C=O) groups excluding carboxylic acids is 1. The first-order valence-electron chi connectivity index (χ1n) is 5.87. The van der Waals surface area contributed by atoms with Crippen molar-refractivity contribution in [1.82, 2.24) is 0 Å². The molecule has 4 nitrogen and oxygen atoms in total. The summed E-state index contributed by atoms with van der Waals surface area (Å²) in [6.07, 6.45) is 2.30. The molecule has 0 aromatic heterocycles. The molecule has 4 heteroatoms. The van der Waals surface area contributed by atoms with Crippen LogP contribution in [-0.4, -0.2) is 19.1 Å². The molecule has 0 aliphatic heterocycles. The number of anilines is 1. The fourth-order valence-electron chi connectivity index (χ4n) is 2.29. The van der Waals surface area contributed by atoms with Gasteiger partial charge < -0.3 is 11.5 Å². The number of urea groups is 1. The van der Waals surface area contributed by atoms with Gasteiger partial charge in [-0.1, -0.05) is 12.1 Å². The Morgan fingerprint density at radius 2 is 1.88 bits per heavy atom. The minimum absolute atomic E-state index is 0.157. The number of nitrogens with two attached hydrogens (primary N) is 2. The zero-order valence-corrected chi connectivity index (χ0v) is 10.3. The quantitative estimate of drug-likeness (QED) is 0.832. The molecule has 0 spiro atoms. The molecule has 4 N–H and O–H groups in total. The molecular formula is C13H19N3O. The first-order valence-corrected chi connectivity index (χ1v) is 5.87. The number of benzene rings is 1. The third-order valence-electron chi connectivity index (χ3n) is 3.82. The van der Waals surface area contributed by atoms with Gasteiger partial charge in [0.25, 0.3) is 0 Å². The van der Waals surface area contributed by atoms with Gasteiger partial charge in [0, 0.05) is 24.2 Å². The lowest BCUT2D eigenvalue weighted by atomic mass is 9.89. The van der Waals surface area contributed by atoms with E-state index in [1.807, 2.05) is 24.3 Å². The standard InChI is InChI=1S/C13H19N3O/c1-9(14)13(7-8-13)10-3-5-11(6-4-10)16(2)12(15)17/h3-6,9H,7-8,14H2,1-2H3,(H2,15,17). The first-order chi connectivity index (χ1) is 7.97. The number of nitrogens with zero attached hydrogens (tertiary/aromatic N) is 1. The van der Waals surface area contributed by atoms with Crippen LogP contribution >= 0.6 is 0 Å². The second-order valence-electron chi connectivity index (χ2n) is 4.89. The maximum Gasteiger partial charge on any atom is 0.318 e. The third-order valence-corrected chi connectivity index (χ3v) is 3.82. The summed E-state index contributed by atoms with van der Waals surface area (Å²) in [5.41, 5.74) is 13.5. The highest BCUT2D eigenvalue weighted by molar-refractivity contribution is 5.89. The minimum Gasteiger partial charge on any atom is -0.351 e. The van der Waals surface area contributed by atoms with Crippen molar-refractivity contribution in [2.24, 2.45) is 11.5 Å². The smallest absolute Gasteiger partial charge is 0.318 e. The molecule has 1 atom stereocenters. The van der Waals surface area contributed by atoms with Gasteiger partial charge in [-0.15, -0.1) is 0 Å². The summed E-state index contributed by atoms with van der Waals surface area (Å²) >= 11 is 0. The van der Waals surface area contributed by atoms with Crippen molar-refractivity contribution in [2.75, 3.05) is 11.9 Å². The van der Waals surface area contributed by atoms with Gasteiger partial charge in [0.1, 0.15) is 0 Å². The van der Waals surface area contributed by atoms with Gasteiger partial charge in [-0.25, -0.2) is 4.79 Å². The molecule has 1 saturated carbocycles. The van der Waals surface area contributed by atoms with Crippen molar-refractivity contribution < 1.29 is 4.79 Å². The molecule has 1 aliphatic rings. The number of hydrogen-bond acceptors (Lipinski definition) is 2. The summed E-state index contributed by atoms with van der Waals surface area (Å²) in [6, 6.07) is 7.65. The number of hydrogen-bond donors (Lipinski definition) is 2. The molecule has 0 bridgehead atoms. The van der Waals surface area contributed by atoms with Gasteiger partial charge >= 0.3 is 6.03 Å². The van der Waals surface area contributed by atoms with Crippen molar-refractivity contribution >= 4 is 11.7 Å². The summed E-state index contributed by atoms with van der Waals surface area (Å²) in [5.74, 6) is 0. The highest BCUT2D eigenvalue weighted by Crippen LogP contribution is 2.50. The summed E-state index contributed by atoms with van der Waals surface area (Å²) in [4.78, 5) is 12.5. The molecule has 0 heterocycles.